The van der Waals surface area contributed by atoms with Gasteiger partial charge in [0.05, 0.1) is 0 Å². The third kappa shape index (κ3) is 11.3. The van der Waals surface area contributed by atoms with E-state index >= 15 is 0 Å². The molecule has 20 heavy (non-hydrogen) atoms. The predicted molar refractivity (Wildman–Crippen MR) is 94.4 cm³/mol. The van der Waals surface area contributed by atoms with Crippen LogP contribution in [0.15, 0.2) is 61.7 Å². The number of aryl methyl sites for hydroxylation is 4. The van der Waals surface area contributed by atoms with Gasteiger partial charge in [-0.2, -0.15) is 0 Å². The molecule has 110 valence electrons. The molecule has 0 nitrogen and oxygen atoms in total. The molecule has 2 rings (SSSR count). The van der Waals surface area contributed by atoms with Gasteiger partial charge in [-0.1, -0.05) is 84.6 Å². The highest BCUT2D eigenvalue weighted by atomic mass is 13.9. The van der Waals surface area contributed by atoms with E-state index in [0.717, 1.165) is 0 Å². The first-order chi connectivity index (χ1) is 9.58. The third-order valence-corrected chi connectivity index (χ3v) is 2.39. The maximum Gasteiger partial charge on any atom is -0.0398 e. The molecule has 0 radical (unpaired) electrons. The summed E-state index contributed by atoms with van der Waals surface area (Å²) >= 11 is 0. The van der Waals surface area contributed by atoms with Crippen molar-refractivity contribution in [2.75, 3.05) is 0 Å². The summed E-state index contributed by atoms with van der Waals surface area (Å²) in [6.45, 7) is 18.4. The highest BCUT2D eigenvalue weighted by Crippen LogP contribution is 2.00. The molecule has 2 aromatic rings. The molecule has 0 atom stereocenters. The summed E-state index contributed by atoms with van der Waals surface area (Å²) in [5, 5.41) is 0. The van der Waals surface area contributed by atoms with Gasteiger partial charge in [-0.3, -0.25) is 0 Å². The van der Waals surface area contributed by atoms with E-state index in [1.165, 1.54) is 22.3 Å². The second kappa shape index (κ2) is 13.6. The van der Waals surface area contributed by atoms with Crippen LogP contribution in [0.1, 0.15) is 36.1 Å². The van der Waals surface area contributed by atoms with Crippen LogP contribution in [0.25, 0.3) is 0 Å². The normalized spacial score (nSPS) is 7.90. The van der Waals surface area contributed by atoms with Crippen molar-refractivity contribution >= 4 is 0 Å². The van der Waals surface area contributed by atoms with E-state index in [1.54, 1.807) is 0 Å². The molecule has 0 aromatic heterocycles. The first-order valence-corrected chi connectivity index (χ1v) is 7.14. The molecule has 0 unspecified atom stereocenters. The lowest BCUT2D eigenvalue weighted by Crippen LogP contribution is -1.71. The SMILES string of the molecule is C=C.CC.Cc1ccc(C)cc1.Cc1cccc(C)c1. The average molecular weight is 270 g/mol. The Balaban J connectivity index is 0. The number of hydrogen-bond donors (Lipinski definition) is 0. The van der Waals surface area contributed by atoms with Gasteiger partial charge in [0.2, 0.25) is 0 Å². The molecule has 0 bridgehead atoms. The van der Waals surface area contributed by atoms with Crippen LogP contribution in [-0.2, 0) is 0 Å². The van der Waals surface area contributed by atoms with Crippen LogP contribution in [0.2, 0.25) is 0 Å². The molecule has 0 amide bonds. The van der Waals surface area contributed by atoms with Crippen molar-refractivity contribution in [1.82, 2.24) is 0 Å². The Morgan fingerprint density at radius 2 is 0.850 bits per heavy atom. The van der Waals surface area contributed by atoms with E-state index in [0.29, 0.717) is 0 Å². The van der Waals surface area contributed by atoms with Crippen molar-refractivity contribution < 1.29 is 0 Å². The fourth-order valence-corrected chi connectivity index (χ4v) is 1.44. The van der Waals surface area contributed by atoms with E-state index in [1.807, 2.05) is 13.8 Å². The summed E-state index contributed by atoms with van der Waals surface area (Å²) in [5.41, 5.74) is 5.33. The Morgan fingerprint density at radius 1 is 0.550 bits per heavy atom. The molecule has 0 spiro atoms. The largest absolute Gasteiger partial charge is 0.106 e. The number of benzene rings is 2. The first-order valence-electron chi connectivity index (χ1n) is 7.14. The maximum absolute atomic E-state index is 3.00. The minimum atomic E-state index is 1.33. The zero-order chi connectivity index (χ0) is 16.0. The summed E-state index contributed by atoms with van der Waals surface area (Å²) in [7, 11) is 0. The predicted octanol–water partition coefficient (Wildman–Crippen LogP) is 6.44. The van der Waals surface area contributed by atoms with Crippen molar-refractivity contribution in [3.05, 3.63) is 83.9 Å². The van der Waals surface area contributed by atoms with Gasteiger partial charge < -0.3 is 0 Å². The van der Waals surface area contributed by atoms with Crippen molar-refractivity contribution in [2.45, 2.75) is 41.5 Å². The monoisotopic (exact) mass is 270 g/mol. The second-order valence-corrected chi connectivity index (χ2v) is 4.31. The van der Waals surface area contributed by atoms with Crippen molar-refractivity contribution in [1.29, 1.82) is 0 Å². The van der Waals surface area contributed by atoms with Crippen molar-refractivity contribution in [2.24, 2.45) is 0 Å². The summed E-state index contributed by atoms with van der Waals surface area (Å²) in [5.74, 6) is 0. The highest BCUT2D eigenvalue weighted by molar-refractivity contribution is 5.20. The standard InChI is InChI=1S/2C8H10.C2H6.C2H4/c1-7-3-5-8(2)6-4-7;1-7-4-3-5-8(2)6-7;2*1-2/h2*3-6H,1-2H3;1-2H3;1-2H2. The second-order valence-electron chi connectivity index (χ2n) is 4.31. The van der Waals surface area contributed by atoms with Gasteiger partial charge in [-0.25, -0.2) is 0 Å². The lowest BCUT2D eigenvalue weighted by Gasteiger charge is -1.90. The van der Waals surface area contributed by atoms with Gasteiger partial charge in [0.25, 0.3) is 0 Å². The van der Waals surface area contributed by atoms with Crippen LogP contribution in [0, 0.1) is 27.7 Å². The summed E-state index contributed by atoms with van der Waals surface area (Å²) in [6.07, 6.45) is 0. The molecule has 0 heterocycles. The molecule has 0 N–H and O–H groups in total. The third-order valence-electron chi connectivity index (χ3n) is 2.39. The van der Waals surface area contributed by atoms with Crippen LogP contribution in [0.3, 0.4) is 0 Å². The molecular formula is C20H30. The van der Waals surface area contributed by atoms with Crippen LogP contribution < -0.4 is 0 Å². The molecule has 0 aliphatic rings. The fraction of sp³-hybridized carbons (Fsp3) is 0.300. The molecule has 0 heteroatoms. The highest BCUT2D eigenvalue weighted by Gasteiger charge is 1.81. The number of hydrogen-bond acceptors (Lipinski definition) is 0. The quantitative estimate of drug-likeness (QED) is 0.483. The van der Waals surface area contributed by atoms with E-state index in [2.05, 4.69) is 89.4 Å². The lowest BCUT2D eigenvalue weighted by molar-refractivity contribution is 1.39. The Morgan fingerprint density at radius 3 is 1.05 bits per heavy atom. The number of rotatable bonds is 0. The minimum absolute atomic E-state index is 1.33. The van der Waals surface area contributed by atoms with Crippen LogP contribution in [0.4, 0.5) is 0 Å². The van der Waals surface area contributed by atoms with Crippen LogP contribution >= 0.6 is 0 Å². The fourth-order valence-electron chi connectivity index (χ4n) is 1.44. The van der Waals surface area contributed by atoms with E-state index in [9.17, 15) is 0 Å². The Hall–Kier alpha value is -1.82. The van der Waals surface area contributed by atoms with Crippen molar-refractivity contribution in [3.8, 4) is 0 Å². The Labute approximate surface area is 126 Å². The molecule has 2 aromatic carbocycles. The van der Waals surface area contributed by atoms with Gasteiger partial charge in [0.1, 0.15) is 0 Å². The summed E-state index contributed by atoms with van der Waals surface area (Å²) in [4.78, 5) is 0. The lowest BCUT2D eigenvalue weighted by atomic mass is 10.2. The van der Waals surface area contributed by atoms with Gasteiger partial charge in [-0.05, 0) is 27.7 Å². The smallest absolute Gasteiger partial charge is 0.0398 e. The first kappa shape index (κ1) is 20.5. The van der Waals surface area contributed by atoms with Gasteiger partial charge in [0.15, 0.2) is 0 Å². The molecule has 0 aliphatic heterocycles. The van der Waals surface area contributed by atoms with Gasteiger partial charge in [0, 0.05) is 0 Å². The van der Waals surface area contributed by atoms with Crippen LogP contribution in [-0.4, -0.2) is 0 Å². The van der Waals surface area contributed by atoms with Crippen LogP contribution in [0.5, 0.6) is 0 Å². The van der Waals surface area contributed by atoms with Gasteiger partial charge in [-0.15, -0.1) is 13.2 Å². The Bertz CT molecular complexity index is 400. The molecule has 0 saturated heterocycles. The maximum atomic E-state index is 3.00. The van der Waals surface area contributed by atoms with Crippen molar-refractivity contribution in [3.63, 3.8) is 0 Å². The van der Waals surface area contributed by atoms with E-state index < -0.39 is 0 Å². The van der Waals surface area contributed by atoms with E-state index in [4.69, 9.17) is 0 Å². The molecule has 0 saturated carbocycles. The summed E-state index contributed by atoms with van der Waals surface area (Å²) in [6, 6.07) is 16.9. The Kier molecular flexibility index (Phi) is 13.9. The minimum Gasteiger partial charge on any atom is -0.106 e. The molecule has 0 fully saturated rings. The summed E-state index contributed by atoms with van der Waals surface area (Å²) < 4.78 is 0. The zero-order valence-corrected chi connectivity index (χ0v) is 14.0. The topological polar surface area (TPSA) is 0 Å². The average Bonchev–Trinajstić information content (AvgIpc) is 2.47. The molecule has 0 aliphatic carbocycles. The molecular weight excluding hydrogens is 240 g/mol. The van der Waals surface area contributed by atoms with E-state index in [-0.39, 0.29) is 0 Å². The van der Waals surface area contributed by atoms with Gasteiger partial charge >= 0.3 is 0 Å². The zero-order valence-electron chi connectivity index (χ0n) is 14.0.